The number of nitrogens with zero attached hydrogens (tertiary/aromatic N) is 1. The number of anilines is 1. The fraction of sp³-hybridized carbons (Fsp3) is 0.263. The first-order chi connectivity index (χ1) is 13.9. The summed E-state index contributed by atoms with van der Waals surface area (Å²) in [4.78, 5) is 34.7. The van der Waals surface area contributed by atoms with Crippen molar-refractivity contribution < 1.29 is 28.7 Å². The van der Waals surface area contributed by atoms with Gasteiger partial charge in [-0.1, -0.05) is 29.8 Å². The smallest absolute Gasteiger partial charge is 0.310 e. The fourth-order valence-electron chi connectivity index (χ4n) is 2.63. The number of carbonyl (C=O) groups is 2. The van der Waals surface area contributed by atoms with Crippen molar-refractivity contribution >= 4 is 34.9 Å². The molecule has 1 amide bonds. The van der Waals surface area contributed by atoms with Gasteiger partial charge in [-0.15, -0.1) is 0 Å². The highest BCUT2D eigenvalue weighted by atomic mass is 35.5. The van der Waals surface area contributed by atoms with E-state index in [4.69, 9.17) is 25.8 Å². The van der Waals surface area contributed by atoms with E-state index in [1.165, 1.54) is 12.1 Å². The lowest BCUT2D eigenvalue weighted by Gasteiger charge is -2.11. The summed E-state index contributed by atoms with van der Waals surface area (Å²) in [7, 11) is 0. The summed E-state index contributed by atoms with van der Waals surface area (Å²) in [5, 5.41) is 14.1. The number of hydrogen-bond donors (Lipinski definition) is 1. The molecule has 0 unspecified atom stereocenters. The van der Waals surface area contributed by atoms with Gasteiger partial charge in [0.1, 0.15) is 5.69 Å². The third-order valence-corrected chi connectivity index (χ3v) is 4.36. The van der Waals surface area contributed by atoms with Crippen LogP contribution in [0.4, 0.5) is 11.4 Å². The van der Waals surface area contributed by atoms with Gasteiger partial charge in [-0.2, -0.15) is 0 Å². The predicted octanol–water partition coefficient (Wildman–Crippen LogP) is 3.13. The van der Waals surface area contributed by atoms with Crippen LogP contribution in [-0.2, 0) is 20.7 Å². The Labute approximate surface area is 170 Å². The molecular formula is C19H17ClN2O7. The highest BCUT2D eigenvalue weighted by Gasteiger charge is 2.23. The molecule has 0 radical (unpaired) electrons. The molecule has 1 aliphatic heterocycles. The summed E-state index contributed by atoms with van der Waals surface area (Å²) in [6.07, 6.45) is 0.530. The monoisotopic (exact) mass is 420 g/mol. The van der Waals surface area contributed by atoms with Crippen LogP contribution < -0.4 is 14.8 Å². The van der Waals surface area contributed by atoms with E-state index in [0.717, 1.165) is 0 Å². The van der Waals surface area contributed by atoms with Gasteiger partial charge in [-0.05, 0) is 11.6 Å². The molecule has 0 spiro atoms. The summed E-state index contributed by atoms with van der Waals surface area (Å²) >= 11 is 5.98. The molecule has 0 atom stereocenters. The topological polar surface area (TPSA) is 117 Å². The Hall–Kier alpha value is -3.33. The van der Waals surface area contributed by atoms with Gasteiger partial charge in [-0.25, -0.2) is 0 Å². The molecule has 0 bridgehead atoms. The number of rotatable bonds is 6. The standard InChI is InChI=1S/C19H17ClN2O7/c20-13-5-2-1-4-12(13)8-19(24)29-11-18(23)21-14-9-16-17(10-15(14)22(25)26)28-7-3-6-27-16/h1-2,4-5,9-10H,3,6-8,11H2,(H,21,23). The molecule has 152 valence electrons. The Morgan fingerprint density at radius 1 is 1.17 bits per heavy atom. The summed E-state index contributed by atoms with van der Waals surface area (Å²) in [5.41, 5.74) is 0.134. The first-order valence-electron chi connectivity index (χ1n) is 8.71. The van der Waals surface area contributed by atoms with Gasteiger partial charge in [0, 0.05) is 17.5 Å². The van der Waals surface area contributed by atoms with Crippen LogP contribution in [0.5, 0.6) is 11.5 Å². The van der Waals surface area contributed by atoms with E-state index in [9.17, 15) is 19.7 Å². The van der Waals surface area contributed by atoms with Crippen molar-refractivity contribution in [2.75, 3.05) is 25.1 Å². The van der Waals surface area contributed by atoms with Gasteiger partial charge in [0.2, 0.25) is 0 Å². The maximum absolute atomic E-state index is 12.1. The lowest BCUT2D eigenvalue weighted by molar-refractivity contribution is -0.384. The van der Waals surface area contributed by atoms with Crippen LogP contribution in [0.15, 0.2) is 36.4 Å². The third-order valence-electron chi connectivity index (χ3n) is 3.99. The number of ether oxygens (including phenoxy) is 3. The Bertz CT molecular complexity index is 948. The maximum Gasteiger partial charge on any atom is 0.310 e. The second kappa shape index (κ2) is 9.24. The molecule has 0 aromatic heterocycles. The minimum absolute atomic E-state index is 0.0774. The van der Waals surface area contributed by atoms with Gasteiger partial charge >= 0.3 is 5.97 Å². The Kier molecular flexibility index (Phi) is 6.50. The number of benzene rings is 2. The molecule has 1 heterocycles. The van der Waals surface area contributed by atoms with E-state index in [1.54, 1.807) is 24.3 Å². The Morgan fingerprint density at radius 2 is 1.86 bits per heavy atom. The summed E-state index contributed by atoms with van der Waals surface area (Å²) < 4.78 is 15.8. The minimum Gasteiger partial charge on any atom is -0.489 e. The van der Waals surface area contributed by atoms with Crippen molar-refractivity contribution in [3.8, 4) is 11.5 Å². The van der Waals surface area contributed by atoms with Crippen LogP contribution in [0, 0.1) is 10.1 Å². The molecule has 9 nitrogen and oxygen atoms in total. The maximum atomic E-state index is 12.1. The lowest BCUT2D eigenvalue weighted by atomic mass is 10.1. The van der Waals surface area contributed by atoms with Gasteiger partial charge in [-0.3, -0.25) is 19.7 Å². The molecule has 0 aliphatic carbocycles. The molecule has 10 heteroatoms. The van der Waals surface area contributed by atoms with Crippen LogP contribution in [0.1, 0.15) is 12.0 Å². The third kappa shape index (κ3) is 5.35. The quantitative estimate of drug-likeness (QED) is 0.433. The summed E-state index contributed by atoms with van der Waals surface area (Å²) in [6, 6.07) is 9.28. The number of nitro groups is 1. The van der Waals surface area contributed by atoms with Crippen LogP contribution >= 0.6 is 11.6 Å². The van der Waals surface area contributed by atoms with Crippen molar-refractivity contribution in [2.45, 2.75) is 12.8 Å². The van der Waals surface area contributed by atoms with Crippen LogP contribution in [-0.4, -0.2) is 36.6 Å². The summed E-state index contributed by atoms with van der Waals surface area (Å²) in [6.45, 7) is 0.157. The second-order valence-electron chi connectivity index (χ2n) is 6.10. The zero-order valence-corrected chi connectivity index (χ0v) is 15.9. The number of nitro benzene ring substituents is 1. The zero-order chi connectivity index (χ0) is 20.8. The van der Waals surface area contributed by atoms with Crippen molar-refractivity contribution in [3.63, 3.8) is 0 Å². The van der Waals surface area contributed by atoms with E-state index >= 15 is 0 Å². The van der Waals surface area contributed by atoms with Crippen molar-refractivity contribution in [1.29, 1.82) is 0 Å². The van der Waals surface area contributed by atoms with Gasteiger partial charge in [0.25, 0.3) is 11.6 Å². The van der Waals surface area contributed by atoms with Crippen molar-refractivity contribution in [3.05, 3.63) is 57.1 Å². The van der Waals surface area contributed by atoms with E-state index in [-0.39, 0.29) is 23.5 Å². The average molecular weight is 421 g/mol. The molecule has 2 aromatic rings. The minimum atomic E-state index is -0.727. The second-order valence-corrected chi connectivity index (χ2v) is 6.51. The number of nitrogens with one attached hydrogen (secondary N) is 1. The normalized spacial score (nSPS) is 12.6. The molecule has 0 saturated heterocycles. The number of halogens is 1. The lowest BCUT2D eigenvalue weighted by Crippen LogP contribution is -2.22. The average Bonchev–Trinajstić information content (AvgIpc) is 2.92. The molecule has 1 aliphatic rings. The Balaban J connectivity index is 1.64. The molecule has 1 N–H and O–H groups in total. The summed E-state index contributed by atoms with van der Waals surface area (Å²) in [5.74, 6) is -0.853. The first-order valence-corrected chi connectivity index (χ1v) is 9.09. The molecule has 0 fully saturated rings. The van der Waals surface area contributed by atoms with E-state index in [2.05, 4.69) is 5.32 Å². The fourth-order valence-corrected chi connectivity index (χ4v) is 2.83. The van der Waals surface area contributed by atoms with Crippen molar-refractivity contribution in [2.24, 2.45) is 0 Å². The molecular weight excluding hydrogens is 404 g/mol. The SMILES string of the molecule is O=C(COC(=O)Cc1ccccc1Cl)Nc1cc2c(cc1[N+](=O)[O-])OCCCO2. The number of fused-ring (bicyclic) bond motifs is 1. The molecule has 2 aromatic carbocycles. The Morgan fingerprint density at radius 3 is 2.55 bits per heavy atom. The van der Waals surface area contributed by atoms with Crippen LogP contribution in [0.2, 0.25) is 5.02 Å². The number of carbonyl (C=O) groups excluding carboxylic acids is 2. The largest absolute Gasteiger partial charge is 0.489 e. The van der Waals surface area contributed by atoms with E-state index < -0.39 is 23.4 Å². The van der Waals surface area contributed by atoms with Crippen LogP contribution in [0.25, 0.3) is 0 Å². The van der Waals surface area contributed by atoms with Crippen LogP contribution in [0.3, 0.4) is 0 Å². The van der Waals surface area contributed by atoms with E-state index in [0.29, 0.717) is 36.0 Å². The number of amides is 1. The number of hydrogen-bond acceptors (Lipinski definition) is 7. The van der Waals surface area contributed by atoms with Gasteiger partial charge in [0.15, 0.2) is 18.1 Å². The molecule has 0 saturated carbocycles. The van der Waals surface area contributed by atoms with E-state index in [1.807, 2.05) is 0 Å². The predicted molar refractivity (Wildman–Crippen MR) is 103 cm³/mol. The highest BCUT2D eigenvalue weighted by molar-refractivity contribution is 6.31. The van der Waals surface area contributed by atoms with Gasteiger partial charge < -0.3 is 19.5 Å². The molecule has 3 rings (SSSR count). The van der Waals surface area contributed by atoms with Gasteiger partial charge in [0.05, 0.1) is 30.6 Å². The molecule has 29 heavy (non-hydrogen) atoms. The number of esters is 1. The van der Waals surface area contributed by atoms with Crippen molar-refractivity contribution in [1.82, 2.24) is 0 Å². The zero-order valence-electron chi connectivity index (χ0n) is 15.2. The highest BCUT2D eigenvalue weighted by Crippen LogP contribution is 2.39. The first kappa shape index (κ1) is 20.4.